The molecule has 0 spiro atoms. The summed E-state index contributed by atoms with van der Waals surface area (Å²) >= 11 is 0. The summed E-state index contributed by atoms with van der Waals surface area (Å²) in [5, 5.41) is 20.0. The van der Waals surface area contributed by atoms with E-state index in [9.17, 15) is 24.5 Å². The van der Waals surface area contributed by atoms with Gasteiger partial charge in [-0.15, -0.1) is 0 Å². The lowest BCUT2D eigenvalue weighted by Gasteiger charge is -2.46. The summed E-state index contributed by atoms with van der Waals surface area (Å²) in [7, 11) is 0. The molecule has 0 radical (unpaired) electrons. The molecule has 0 aromatic heterocycles. The first kappa shape index (κ1) is 19.3. The molecule has 1 fully saturated rings. The number of nitrogens with one attached hydrogen (secondary N) is 3. The van der Waals surface area contributed by atoms with E-state index in [0.29, 0.717) is 23.4 Å². The first-order chi connectivity index (χ1) is 14.6. The molecular formula is C20H20N4O7. The third kappa shape index (κ3) is 2.99. The van der Waals surface area contributed by atoms with Crippen molar-refractivity contribution in [2.45, 2.75) is 38.8 Å². The van der Waals surface area contributed by atoms with E-state index in [4.69, 9.17) is 9.47 Å². The number of ether oxygens (including phenoxy) is 2. The summed E-state index contributed by atoms with van der Waals surface area (Å²) in [6.07, 6.45) is -0.0612. The van der Waals surface area contributed by atoms with Crippen molar-refractivity contribution in [3.8, 4) is 11.5 Å². The van der Waals surface area contributed by atoms with E-state index in [-0.39, 0.29) is 41.4 Å². The molecule has 11 heteroatoms. The smallest absolute Gasteiger partial charge is 0.323 e. The van der Waals surface area contributed by atoms with Crippen LogP contribution in [-0.2, 0) is 9.59 Å². The predicted molar refractivity (Wildman–Crippen MR) is 104 cm³/mol. The first-order valence-electron chi connectivity index (χ1n) is 9.87. The highest BCUT2D eigenvalue weighted by molar-refractivity contribution is 6.04. The number of rotatable bonds is 2. The average molecular weight is 428 g/mol. The maximum absolute atomic E-state index is 13.2. The Bertz CT molecular complexity index is 1090. The molecule has 0 saturated carbocycles. The van der Waals surface area contributed by atoms with Crippen LogP contribution < -0.4 is 25.4 Å². The number of allylic oxidation sites excluding steroid dienone is 2. The quantitative estimate of drug-likeness (QED) is 0.473. The minimum absolute atomic E-state index is 0.0776. The number of amides is 3. The highest BCUT2D eigenvalue weighted by Gasteiger charge is 2.52. The fourth-order valence-corrected chi connectivity index (χ4v) is 4.98. The van der Waals surface area contributed by atoms with Gasteiger partial charge in [-0.1, -0.05) is 13.8 Å². The summed E-state index contributed by atoms with van der Waals surface area (Å²) in [4.78, 5) is 49.4. The Morgan fingerprint density at radius 2 is 1.81 bits per heavy atom. The van der Waals surface area contributed by atoms with Crippen LogP contribution in [0.15, 0.2) is 23.4 Å². The molecule has 0 bridgehead atoms. The normalized spacial score (nSPS) is 28.2. The molecule has 3 atom stereocenters. The van der Waals surface area contributed by atoms with E-state index in [2.05, 4.69) is 16.0 Å². The molecule has 1 aromatic rings. The molecular weight excluding hydrogens is 408 g/mol. The number of hydrogen-bond donors (Lipinski definition) is 3. The molecule has 1 aliphatic carbocycles. The number of nitrogens with zero attached hydrogens (tertiary/aromatic N) is 1. The highest BCUT2D eigenvalue weighted by atomic mass is 16.7. The summed E-state index contributed by atoms with van der Waals surface area (Å²) in [5.74, 6) is -2.14. The zero-order valence-electron chi connectivity index (χ0n) is 16.8. The van der Waals surface area contributed by atoms with Crippen molar-refractivity contribution >= 4 is 23.4 Å². The number of fused-ring (bicyclic) bond motifs is 2. The lowest BCUT2D eigenvalue weighted by Crippen LogP contribution is -2.66. The number of imide groups is 1. The van der Waals surface area contributed by atoms with Crippen molar-refractivity contribution in [3.63, 3.8) is 0 Å². The van der Waals surface area contributed by atoms with Crippen molar-refractivity contribution in [1.82, 2.24) is 16.0 Å². The van der Waals surface area contributed by atoms with Crippen LogP contribution in [0.3, 0.4) is 0 Å². The number of Topliss-reactive ketones (excluding diaryl/α,β-unsaturated/α-hetero) is 1. The summed E-state index contributed by atoms with van der Waals surface area (Å²) < 4.78 is 10.7. The molecule has 3 amide bonds. The zero-order chi connectivity index (χ0) is 22.1. The molecule has 1 saturated heterocycles. The van der Waals surface area contributed by atoms with Gasteiger partial charge >= 0.3 is 6.03 Å². The molecule has 4 aliphatic rings. The van der Waals surface area contributed by atoms with Gasteiger partial charge in [0.1, 0.15) is 6.17 Å². The van der Waals surface area contributed by atoms with Gasteiger partial charge < -0.3 is 20.1 Å². The molecule has 3 aliphatic heterocycles. The van der Waals surface area contributed by atoms with Crippen LogP contribution >= 0.6 is 0 Å². The Balaban J connectivity index is 1.75. The van der Waals surface area contributed by atoms with Gasteiger partial charge in [0.25, 0.3) is 5.69 Å². The maximum Gasteiger partial charge on any atom is 0.323 e. The van der Waals surface area contributed by atoms with E-state index >= 15 is 0 Å². The average Bonchev–Trinajstić information content (AvgIpc) is 3.11. The fraction of sp³-hybridized carbons (Fsp3) is 0.450. The van der Waals surface area contributed by atoms with Crippen LogP contribution in [-0.4, -0.2) is 35.6 Å². The topological polar surface area (TPSA) is 149 Å². The Morgan fingerprint density at radius 3 is 2.52 bits per heavy atom. The molecule has 11 nitrogen and oxygen atoms in total. The lowest BCUT2D eigenvalue weighted by molar-refractivity contribution is -0.385. The minimum atomic E-state index is -0.958. The van der Waals surface area contributed by atoms with Crippen LogP contribution in [0.25, 0.3) is 0 Å². The third-order valence-electron chi connectivity index (χ3n) is 6.16. The molecule has 31 heavy (non-hydrogen) atoms. The number of carbonyl (C=O) groups excluding carboxylic acids is 3. The number of carbonyl (C=O) groups is 3. The second-order valence-electron chi connectivity index (χ2n) is 8.94. The van der Waals surface area contributed by atoms with E-state index in [1.54, 1.807) is 0 Å². The van der Waals surface area contributed by atoms with Crippen molar-refractivity contribution in [1.29, 1.82) is 0 Å². The standard InChI is InChI=1S/C20H20N4O7/c1-20(2)5-9-15(11(25)6-20)14(16-17(21-9)22-19(27)23-18(16)26)8-3-12-13(31-7-30-12)4-10(8)24(28)29/h3-4,14,16-17,21H,5-7H2,1-2H3,(H2,22,23,26,27). The van der Waals surface area contributed by atoms with E-state index in [0.717, 1.165) is 0 Å². The Hall–Kier alpha value is -3.63. The predicted octanol–water partition coefficient (Wildman–Crippen LogP) is 1.44. The first-order valence-corrected chi connectivity index (χ1v) is 9.87. The number of hydrogen-bond acceptors (Lipinski definition) is 8. The Kier molecular flexibility index (Phi) is 4.01. The zero-order valence-corrected chi connectivity index (χ0v) is 16.8. The van der Waals surface area contributed by atoms with Gasteiger partial charge in [-0.3, -0.25) is 25.0 Å². The van der Waals surface area contributed by atoms with E-state index in [1.165, 1.54) is 12.1 Å². The maximum atomic E-state index is 13.2. The summed E-state index contributed by atoms with van der Waals surface area (Å²) in [5.41, 5.74) is 0.507. The van der Waals surface area contributed by atoms with Gasteiger partial charge in [-0.05, 0) is 17.9 Å². The molecule has 1 aromatic carbocycles. The van der Waals surface area contributed by atoms with E-state index in [1.807, 2.05) is 13.8 Å². The van der Waals surface area contributed by atoms with Gasteiger partial charge in [-0.2, -0.15) is 0 Å². The molecule has 3 N–H and O–H groups in total. The van der Waals surface area contributed by atoms with Crippen molar-refractivity contribution in [2.24, 2.45) is 11.3 Å². The molecule has 3 heterocycles. The van der Waals surface area contributed by atoms with Crippen LogP contribution in [0.2, 0.25) is 0 Å². The molecule has 5 rings (SSSR count). The number of ketones is 1. The van der Waals surface area contributed by atoms with Crippen molar-refractivity contribution in [3.05, 3.63) is 39.1 Å². The van der Waals surface area contributed by atoms with Crippen LogP contribution in [0.4, 0.5) is 10.5 Å². The number of nitro groups is 1. The Morgan fingerprint density at radius 1 is 1.10 bits per heavy atom. The monoisotopic (exact) mass is 428 g/mol. The fourth-order valence-electron chi connectivity index (χ4n) is 4.98. The van der Waals surface area contributed by atoms with Crippen LogP contribution in [0, 0.1) is 21.4 Å². The number of benzene rings is 1. The van der Waals surface area contributed by atoms with Crippen LogP contribution in [0.1, 0.15) is 38.2 Å². The second-order valence-corrected chi connectivity index (χ2v) is 8.94. The van der Waals surface area contributed by atoms with Gasteiger partial charge in [0.2, 0.25) is 12.7 Å². The van der Waals surface area contributed by atoms with Gasteiger partial charge in [0.05, 0.1) is 16.9 Å². The van der Waals surface area contributed by atoms with Gasteiger partial charge in [0.15, 0.2) is 17.3 Å². The third-order valence-corrected chi connectivity index (χ3v) is 6.16. The van der Waals surface area contributed by atoms with Crippen molar-refractivity contribution in [2.75, 3.05) is 6.79 Å². The Labute approximate surface area is 176 Å². The minimum Gasteiger partial charge on any atom is -0.454 e. The van der Waals surface area contributed by atoms with E-state index < -0.39 is 34.9 Å². The highest BCUT2D eigenvalue weighted by Crippen LogP contribution is 2.51. The second kappa shape index (κ2) is 6.43. The van der Waals surface area contributed by atoms with Gasteiger partial charge in [-0.25, -0.2) is 4.79 Å². The largest absolute Gasteiger partial charge is 0.454 e. The lowest BCUT2D eigenvalue weighted by atomic mass is 9.65. The number of nitro benzene ring substituents is 1. The van der Waals surface area contributed by atoms with Crippen LogP contribution in [0.5, 0.6) is 11.5 Å². The summed E-state index contributed by atoms with van der Waals surface area (Å²) in [6, 6.07) is 2.06. The SMILES string of the molecule is CC1(C)CC(=O)C2=C(C1)NC1NC(=O)NC(=O)C1C2c1cc2c(cc1[N+](=O)[O-])OCO2. The summed E-state index contributed by atoms with van der Waals surface area (Å²) in [6.45, 7) is 3.82. The van der Waals surface area contributed by atoms with Gasteiger partial charge in [0, 0.05) is 29.2 Å². The molecule has 162 valence electrons. The van der Waals surface area contributed by atoms with Crippen molar-refractivity contribution < 1.29 is 28.8 Å². The molecule has 3 unspecified atom stereocenters. The number of urea groups is 1.